The van der Waals surface area contributed by atoms with Crippen LogP contribution < -0.4 is 14.0 Å². The smallest absolute Gasteiger partial charge is 0.212 e. The van der Waals surface area contributed by atoms with Crippen molar-refractivity contribution in [3.8, 4) is 11.5 Å². The largest absolute Gasteiger partial charge is 0.497 e. The Labute approximate surface area is 136 Å². The van der Waals surface area contributed by atoms with E-state index in [1.807, 2.05) is 18.2 Å². The molecule has 3 aromatic rings. The molecule has 0 amide bonds. The van der Waals surface area contributed by atoms with Crippen molar-refractivity contribution in [2.24, 2.45) is 7.05 Å². The molecule has 3 heteroatoms. The summed E-state index contributed by atoms with van der Waals surface area (Å²) in [6.45, 7) is 0. The van der Waals surface area contributed by atoms with Crippen molar-refractivity contribution < 1.29 is 14.0 Å². The summed E-state index contributed by atoms with van der Waals surface area (Å²) in [4.78, 5) is 0. The van der Waals surface area contributed by atoms with Gasteiger partial charge in [0.1, 0.15) is 18.5 Å². The molecule has 0 radical (unpaired) electrons. The summed E-state index contributed by atoms with van der Waals surface area (Å²) in [5.41, 5.74) is 2.13. The molecule has 0 spiro atoms. The Kier molecular flexibility index (Phi) is 4.29. The summed E-state index contributed by atoms with van der Waals surface area (Å²) in [6.07, 6.45) is 6.24. The van der Waals surface area contributed by atoms with Crippen LogP contribution in [0.2, 0.25) is 0 Å². The zero-order valence-electron chi connectivity index (χ0n) is 13.6. The highest BCUT2D eigenvalue weighted by atomic mass is 16.5. The quantitative estimate of drug-likeness (QED) is 0.683. The van der Waals surface area contributed by atoms with E-state index in [9.17, 15) is 0 Å². The highest BCUT2D eigenvalue weighted by molar-refractivity contribution is 5.90. The molecule has 0 aliphatic carbocycles. The first kappa shape index (κ1) is 15.1. The highest BCUT2D eigenvalue weighted by Crippen LogP contribution is 2.26. The summed E-state index contributed by atoms with van der Waals surface area (Å²) in [5.74, 6) is 1.64. The molecule has 0 fully saturated rings. The molecule has 3 nitrogen and oxygen atoms in total. The van der Waals surface area contributed by atoms with Crippen molar-refractivity contribution in [3.63, 3.8) is 0 Å². The summed E-state index contributed by atoms with van der Waals surface area (Å²) >= 11 is 0. The van der Waals surface area contributed by atoms with Crippen molar-refractivity contribution in [1.82, 2.24) is 0 Å². The molecule has 3 rings (SSSR count). The molecule has 1 heterocycles. The maximum absolute atomic E-state index is 5.44. The van der Waals surface area contributed by atoms with Gasteiger partial charge in [0.2, 0.25) is 5.69 Å². The Morgan fingerprint density at radius 2 is 1.74 bits per heavy atom. The van der Waals surface area contributed by atoms with Gasteiger partial charge in [-0.3, -0.25) is 0 Å². The van der Waals surface area contributed by atoms with Crippen LogP contribution in [0, 0.1) is 0 Å². The van der Waals surface area contributed by atoms with E-state index in [-0.39, 0.29) is 0 Å². The van der Waals surface area contributed by atoms with E-state index in [2.05, 4.69) is 60.3 Å². The molecular weight excluding hydrogens is 286 g/mol. The average molecular weight is 306 g/mol. The van der Waals surface area contributed by atoms with Gasteiger partial charge in [0.25, 0.3) is 0 Å². The zero-order chi connectivity index (χ0) is 16.2. The number of aromatic nitrogens is 1. The number of benzene rings is 2. The van der Waals surface area contributed by atoms with Crippen molar-refractivity contribution in [2.75, 3.05) is 14.2 Å². The van der Waals surface area contributed by atoms with Crippen LogP contribution in [0.25, 0.3) is 22.9 Å². The molecule has 0 unspecified atom stereocenters. The second-order valence-corrected chi connectivity index (χ2v) is 5.34. The van der Waals surface area contributed by atoms with Gasteiger partial charge in [0.15, 0.2) is 6.20 Å². The maximum atomic E-state index is 5.44. The number of aryl methyl sites for hydroxylation is 1. The van der Waals surface area contributed by atoms with Crippen LogP contribution in [0.1, 0.15) is 11.3 Å². The minimum absolute atomic E-state index is 0.813. The molecule has 0 atom stereocenters. The second-order valence-electron chi connectivity index (χ2n) is 5.34. The predicted octanol–water partition coefficient (Wildman–Crippen LogP) is 3.85. The van der Waals surface area contributed by atoms with Gasteiger partial charge in [0.05, 0.1) is 19.6 Å². The number of fused-ring (bicyclic) bond motifs is 1. The highest BCUT2D eigenvalue weighted by Gasteiger charge is 2.09. The summed E-state index contributed by atoms with van der Waals surface area (Å²) < 4.78 is 12.9. The standard InChI is InChI=1S/C20H20NO2/c1-21-13-12-15-6-4-5-7-18(15)19(21)10-8-16-14-17(22-2)9-11-20(16)23-3/h4-14H,1-3H3/q+1/b10-8+. The van der Waals surface area contributed by atoms with Crippen LogP contribution in [0.15, 0.2) is 54.7 Å². The van der Waals surface area contributed by atoms with Gasteiger partial charge in [-0.1, -0.05) is 18.2 Å². The summed E-state index contributed by atoms with van der Waals surface area (Å²) in [6, 6.07) is 16.3. The molecule has 1 aromatic heterocycles. The lowest BCUT2D eigenvalue weighted by Crippen LogP contribution is -2.31. The van der Waals surface area contributed by atoms with Crippen molar-refractivity contribution in [1.29, 1.82) is 0 Å². The van der Waals surface area contributed by atoms with E-state index in [1.165, 1.54) is 10.8 Å². The Hall–Kier alpha value is -2.81. The molecular formula is C20H20NO2+. The van der Waals surface area contributed by atoms with Crippen LogP contribution in [-0.4, -0.2) is 14.2 Å². The zero-order valence-corrected chi connectivity index (χ0v) is 13.6. The number of hydrogen-bond donors (Lipinski definition) is 0. The van der Waals surface area contributed by atoms with Gasteiger partial charge in [-0.25, -0.2) is 4.57 Å². The van der Waals surface area contributed by atoms with Gasteiger partial charge < -0.3 is 9.47 Å². The van der Waals surface area contributed by atoms with E-state index in [4.69, 9.17) is 9.47 Å². The fraction of sp³-hybridized carbons (Fsp3) is 0.150. The lowest BCUT2D eigenvalue weighted by Gasteiger charge is -2.07. The molecule has 0 aliphatic heterocycles. The van der Waals surface area contributed by atoms with E-state index < -0.39 is 0 Å². The Morgan fingerprint density at radius 3 is 2.52 bits per heavy atom. The van der Waals surface area contributed by atoms with Gasteiger partial charge >= 0.3 is 0 Å². The number of ether oxygens (including phenoxy) is 2. The molecule has 0 saturated heterocycles. The fourth-order valence-corrected chi connectivity index (χ4v) is 2.68. The number of nitrogens with zero attached hydrogens (tertiary/aromatic N) is 1. The maximum Gasteiger partial charge on any atom is 0.212 e. The van der Waals surface area contributed by atoms with Gasteiger partial charge in [0, 0.05) is 17.7 Å². The minimum Gasteiger partial charge on any atom is -0.497 e. The van der Waals surface area contributed by atoms with E-state index in [1.54, 1.807) is 14.2 Å². The summed E-state index contributed by atoms with van der Waals surface area (Å²) in [5, 5.41) is 2.44. The van der Waals surface area contributed by atoms with E-state index >= 15 is 0 Å². The number of methoxy groups -OCH3 is 2. The van der Waals surface area contributed by atoms with Crippen LogP contribution in [0.4, 0.5) is 0 Å². The van der Waals surface area contributed by atoms with E-state index in [0.29, 0.717) is 0 Å². The first-order valence-electron chi connectivity index (χ1n) is 7.50. The molecule has 0 aliphatic rings. The second kappa shape index (κ2) is 6.53. The van der Waals surface area contributed by atoms with Gasteiger partial charge in [-0.2, -0.15) is 0 Å². The lowest BCUT2D eigenvalue weighted by atomic mass is 10.1. The molecule has 0 N–H and O–H groups in total. The number of rotatable bonds is 4. The first-order valence-corrected chi connectivity index (χ1v) is 7.50. The summed E-state index contributed by atoms with van der Waals surface area (Å²) in [7, 11) is 5.39. The molecule has 116 valence electrons. The normalized spacial score (nSPS) is 11.1. The van der Waals surface area contributed by atoms with Gasteiger partial charge in [-0.15, -0.1) is 0 Å². The Morgan fingerprint density at radius 1 is 0.913 bits per heavy atom. The number of hydrogen-bond acceptors (Lipinski definition) is 2. The number of pyridine rings is 1. The third kappa shape index (κ3) is 3.04. The topological polar surface area (TPSA) is 22.3 Å². The molecule has 2 aromatic carbocycles. The monoisotopic (exact) mass is 306 g/mol. The molecule has 23 heavy (non-hydrogen) atoms. The Balaban J connectivity index is 2.09. The molecule has 0 bridgehead atoms. The van der Waals surface area contributed by atoms with Crippen LogP contribution in [0.3, 0.4) is 0 Å². The molecule has 0 saturated carbocycles. The first-order chi connectivity index (χ1) is 11.2. The minimum atomic E-state index is 0.813. The van der Waals surface area contributed by atoms with Crippen molar-refractivity contribution >= 4 is 22.9 Å². The van der Waals surface area contributed by atoms with Crippen LogP contribution >= 0.6 is 0 Å². The third-order valence-electron chi connectivity index (χ3n) is 3.95. The van der Waals surface area contributed by atoms with Gasteiger partial charge in [-0.05, 0) is 35.7 Å². The van der Waals surface area contributed by atoms with Crippen molar-refractivity contribution in [3.05, 3.63) is 66.0 Å². The van der Waals surface area contributed by atoms with Crippen molar-refractivity contribution in [2.45, 2.75) is 0 Å². The predicted molar refractivity (Wildman–Crippen MR) is 93.6 cm³/mol. The van der Waals surface area contributed by atoms with Crippen LogP contribution in [-0.2, 0) is 7.05 Å². The van der Waals surface area contributed by atoms with E-state index in [0.717, 1.165) is 22.8 Å². The fourth-order valence-electron chi connectivity index (χ4n) is 2.68. The third-order valence-corrected chi connectivity index (χ3v) is 3.95. The van der Waals surface area contributed by atoms with Crippen LogP contribution in [0.5, 0.6) is 11.5 Å². The lowest BCUT2D eigenvalue weighted by molar-refractivity contribution is -0.671. The Bertz CT molecular complexity index is 869. The average Bonchev–Trinajstić information content (AvgIpc) is 2.60. The SMILES string of the molecule is COc1ccc(OC)c(/C=C/c2c3ccccc3cc[n+]2C)c1.